The Morgan fingerprint density at radius 3 is 2.55 bits per heavy atom. The summed E-state index contributed by atoms with van der Waals surface area (Å²) >= 11 is 0. The molecule has 0 saturated heterocycles. The van der Waals surface area contributed by atoms with Gasteiger partial charge >= 0.3 is 0 Å². The normalized spacial score (nSPS) is 10.3. The molecule has 0 aliphatic carbocycles. The molecule has 0 spiro atoms. The molecule has 0 unspecified atom stereocenters. The third kappa shape index (κ3) is 3.88. The Bertz CT molecular complexity index is 647. The smallest absolute Gasteiger partial charge is 0.163 e. The van der Waals surface area contributed by atoms with Gasteiger partial charge in [-0.3, -0.25) is 4.79 Å². The molecule has 0 radical (unpaired) electrons. The molecule has 3 nitrogen and oxygen atoms in total. The van der Waals surface area contributed by atoms with E-state index in [2.05, 4.69) is 19.1 Å². The second kappa shape index (κ2) is 7.64. The lowest BCUT2D eigenvalue weighted by molar-refractivity contribution is 0.0982. The van der Waals surface area contributed by atoms with Crippen LogP contribution in [0.1, 0.15) is 34.8 Å². The van der Waals surface area contributed by atoms with Crippen LogP contribution >= 0.6 is 0 Å². The molecule has 0 fully saturated rings. The van der Waals surface area contributed by atoms with E-state index in [0.717, 1.165) is 17.7 Å². The van der Waals surface area contributed by atoms with Crippen LogP contribution in [0, 0.1) is 0 Å². The van der Waals surface area contributed by atoms with Crippen molar-refractivity contribution in [3.63, 3.8) is 0 Å². The Labute approximate surface area is 131 Å². The number of methoxy groups -OCH3 is 2. The molecule has 2 rings (SSSR count). The van der Waals surface area contributed by atoms with Crippen molar-refractivity contribution in [2.45, 2.75) is 26.2 Å². The van der Waals surface area contributed by atoms with Gasteiger partial charge in [0.2, 0.25) is 0 Å². The van der Waals surface area contributed by atoms with Gasteiger partial charge in [0, 0.05) is 12.0 Å². The number of carbonyl (C=O) groups is 1. The number of aryl methyl sites for hydroxylation is 2. The Morgan fingerprint density at radius 1 is 1.05 bits per heavy atom. The highest BCUT2D eigenvalue weighted by atomic mass is 16.5. The van der Waals surface area contributed by atoms with Crippen LogP contribution in [-0.4, -0.2) is 20.0 Å². The number of hydrogen-bond donors (Lipinski definition) is 0. The van der Waals surface area contributed by atoms with Crippen molar-refractivity contribution in [2.75, 3.05) is 14.2 Å². The summed E-state index contributed by atoms with van der Waals surface area (Å²) in [6, 6.07) is 13.4. The molecule has 0 heterocycles. The van der Waals surface area contributed by atoms with Crippen LogP contribution in [0.15, 0.2) is 42.5 Å². The minimum atomic E-state index is 0.114. The van der Waals surface area contributed by atoms with E-state index >= 15 is 0 Å². The van der Waals surface area contributed by atoms with E-state index in [0.29, 0.717) is 24.2 Å². The minimum absolute atomic E-state index is 0.114. The van der Waals surface area contributed by atoms with E-state index < -0.39 is 0 Å². The quantitative estimate of drug-likeness (QED) is 0.722. The standard InChI is InChI=1S/C19H22O3/c1-4-14-8-11-19(22-3)16(12-14)9-10-18(20)15-6-5-7-17(13-15)21-2/h5-8,11-13H,4,9-10H2,1-3H3. The molecule has 0 aromatic heterocycles. The molecule has 0 aliphatic heterocycles. The van der Waals surface area contributed by atoms with Crippen LogP contribution in [0.25, 0.3) is 0 Å². The maximum Gasteiger partial charge on any atom is 0.163 e. The van der Waals surface area contributed by atoms with Crippen molar-refractivity contribution in [3.05, 3.63) is 59.2 Å². The van der Waals surface area contributed by atoms with Crippen molar-refractivity contribution in [3.8, 4) is 11.5 Å². The van der Waals surface area contributed by atoms with E-state index in [1.54, 1.807) is 20.3 Å². The van der Waals surface area contributed by atoms with E-state index in [1.807, 2.05) is 24.3 Å². The van der Waals surface area contributed by atoms with Crippen LogP contribution in [0.2, 0.25) is 0 Å². The molecule has 0 bridgehead atoms. The first-order chi connectivity index (χ1) is 10.7. The number of hydrogen-bond acceptors (Lipinski definition) is 3. The second-order valence-corrected chi connectivity index (χ2v) is 5.15. The molecule has 2 aromatic carbocycles. The SMILES string of the molecule is CCc1ccc(OC)c(CCC(=O)c2cccc(OC)c2)c1. The van der Waals surface area contributed by atoms with E-state index in [4.69, 9.17) is 9.47 Å². The Hall–Kier alpha value is -2.29. The first kappa shape index (κ1) is 16.1. The zero-order valence-corrected chi connectivity index (χ0v) is 13.4. The van der Waals surface area contributed by atoms with Gasteiger partial charge in [-0.15, -0.1) is 0 Å². The van der Waals surface area contributed by atoms with Crippen molar-refractivity contribution in [1.29, 1.82) is 0 Å². The molecule has 0 amide bonds. The third-order valence-corrected chi connectivity index (χ3v) is 3.77. The predicted molar refractivity (Wildman–Crippen MR) is 88.0 cm³/mol. The summed E-state index contributed by atoms with van der Waals surface area (Å²) in [5.74, 6) is 1.66. The van der Waals surface area contributed by atoms with Crippen LogP contribution in [-0.2, 0) is 12.8 Å². The highest BCUT2D eigenvalue weighted by molar-refractivity contribution is 5.96. The first-order valence-electron chi connectivity index (χ1n) is 7.51. The number of Topliss-reactive ketones (excluding diaryl/α,β-unsaturated/α-hetero) is 1. The fourth-order valence-electron chi connectivity index (χ4n) is 2.44. The largest absolute Gasteiger partial charge is 0.497 e. The average molecular weight is 298 g/mol. The first-order valence-corrected chi connectivity index (χ1v) is 7.51. The van der Waals surface area contributed by atoms with Gasteiger partial charge in [0.05, 0.1) is 14.2 Å². The van der Waals surface area contributed by atoms with Crippen molar-refractivity contribution < 1.29 is 14.3 Å². The summed E-state index contributed by atoms with van der Waals surface area (Å²) in [5.41, 5.74) is 3.02. The summed E-state index contributed by atoms with van der Waals surface area (Å²) in [7, 11) is 3.26. The van der Waals surface area contributed by atoms with E-state index in [9.17, 15) is 4.79 Å². The number of ether oxygens (including phenoxy) is 2. The van der Waals surface area contributed by atoms with E-state index in [-0.39, 0.29) is 5.78 Å². The van der Waals surface area contributed by atoms with Gasteiger partial charge in [-0.1, -0.05) is 31.2 Å². The Morgan fingerprint density at radius 2 is 1.86 bits per heavy atom. The topological polar surface area (TPSA) is 35.5 Å². The monoisotopic (exact) mass is 298 g/mol. The number of ketones is 1. The van der Waals surface area contributed by atoms with Gasteiger partial charge in [-0.05, 0) is 42.2 Å². The minimum Gasteiger partial charge on any atom is -0.497 e. The third-order valence-electron chi connectivity index (χ3n) is 3.77. The van der Waals surface area contributed by atoms with Gasteiger partial charge in [0.25, 0.3) is 0 Å². The maximum atomic E-state index is 12.3. The summed E-state index contributed by atoms with van der Waals surface area (Å²) < 4.78 is 10.6. The number of rotatable bonds is 7. The number of benzene rings is 2. The molecule has 0 atom stereocenters. The van der Waals surface area contributed by atoms with E-state index in [1.165, 1.54) is 5.56 Å². The number of carbonyl (C=O) groups excluding carboxylic acids is 1. The predicted octanol–water partition coefficient (Wildman–Crippen LogP) is 4.08. The fraction of sp³-hybridized carbons (Fsp3) is 0.316. The van der Waals surface area contributed by atoms with Crippen LogP contribution < -0.4 is 9.47 Å². The van der Waals surface area contributed by atoms with Gasteiger partial charge < -0.3 is 9.47 Å². The summed E-state index contributed by atoms with van der Waals surface area (Å²) in [6.45, 7) is 2.12. The molecular weight excluding hydrogens is 276 g/mol. The zero-order valence-electron chi connectivity index (χ0n) is 13.4. The highest BCUT2D eigenvalue weighted by Gasteiger charge is 2.10. The van der Waals surface area contributed by atoms with Crippen LogP contribution in [0.3, 0.4) is 0 Å². The van der Waals surface area contributed by atoms with Gasteiger partial charge in [-0.2, -0.15) is 0 Å². The van der Waals surface area contributed by atoms with Crippen molar-refractivity contribution in [1.82, 2.24) is 0 Å². The van der Waals surface area contributed by atoms with Crippen LogP contribution in [0.4, 0.5) is 0 Å². The lowest BCUT2D eigenvalue weighted by Crippen LogP contribution is -2.03. The summed E-state index contributed by atoms with van der Waals surface area (Å²) in [6.07, 6.45) is 2.10. The van der Waals surface area contributed by atoms with Crippen molar-refractivity contribution >= 4 is 5.78 Å². The van der Waals surface area contributed by atoms with Gasteiger partial charge in [0.1, 0.15) is 11.5 Å². The highest BCUT2D eigenvalue weighted by Crippen LogP contribution is 2.23. The molecule has 22 heavy (non-hydrogen) atoms. The zero-order chi connectivity index (χ0) is 15.9. The fourth-order valence-corrected chi connectivity index (χ4v) is 2.44. The Kier molecular flexibility index (Phi) is 5.59. The summed E-state index contributed by atoms with van der Waals surface area (Å²) in [4.78, 5) is 12.3. The second-order valence-electron chi connectivity index (χ2n) is 5.15. The lowest BCUT2D eigenvalue weighted by atomic mass is 10.00. The lowest BCUT2D eigenvalue weighted by Gasteiger charge is -2.10. The summed E-state index contributed by atoms with van der Waals surface area (Å²) in [5, 5.41) is 0. The molecule has 116 valence electrons. The van der Waals surface area contributed by atoms with Crippen molar-refractivity contribution in [2.24, 2.45) is 0 Å². The molecule has 3 heteroatoms. The van der Waals surface area contributed by atoms with Crippen LogP contribution in [0.5, 0.6) is 11.5 Å². The van der Waals surface area contributed by atoms with Gasteiger partial charge in [0.15, 0.2) is 5.78 Å². The molecule has 0 aliphatic rings. The molecule has 2 aromatic rings. The van der Waals surface area contributed by atoms with Gasteiger partial charge in [-0.25, -0.2) is 0 Å². The molecular formula is C19H22O3. The maximum absolute atomic E-state index is 12.3. The average Bonchev–Trinajstić information content (AvgIpc) is 2.59. The Balaban J connectivity index is 2.10. The molecule has 0 N–H and O–H groups in total. The molecule has 0 saturated carbocycles.